The van der Waals surface area contributed by atoms with Gasteiger partial charge in [-0.05, 0) is 31.0 Å². The molecule has 1 N–H and O–H groups in total. The van der Waals surface area contributed by atoms with Gasteiger partial charge in [0.1, 0.15) is 9.84 Å². The Morgan fingerprint density at radius 3 is 2.36 bits per heavy atom. The van der Waals surface area contributed by atoms with E-state index in [0.717, 1.165) is 4.31 Å². The number of anilines is 1. The van der Waals surface area contributed by atoms with Crippen molar-refractivity contribution in [2.45, 2.75) is 18.9 Å². The quantitative estimate of drug-likeness (QED) is 0.767. The molecule has 0 spiro atoms. The van der Waals surface area contributed by atoms with Crippen molar-refractivity contribution in [3.8, 4) is 0 Å². The SMILES string of the molecule is O=C(O)c1ccc(Cl)cc1N(C1CCS(=O)(=O)CC1)[SH](=O)=O. The number of halogens is 1. The predicted octanol–water partition coefficient (Wildman–Crippen LogP) is 0.948. The van der Waals surface area contributed by atoms with Gasteiger partial charge < -0.3 is 5.11 Å². The van der Waals surface area contributed by atoms with Gasteiger partial charge in [0.15, 0.2) is 0 Å². The van der Waals surface area contributed by atoms with Crippen LogP contribution in [0.1, 0.15) is 23.2 Å². The van der Waals surface area contributed by atoms with Crippen molar-refractivity contribution in [1.82, 2.24) is 0 Å². The molecule has 1 saturated heterocycles. The highest BCUT2D eigenvalue weighted by Gasteiger charge is 2.31. The number of carboxylic acid groups (broad SMARTS) is 1. The average molecular weight is 368 g/mol. The summed E-state index contributed by atoms with van der Waals surface area (Å²) in [4.78, 5) is 11.3. The van der Waals surface area contributed by atoms with E-state index >= 15 is 0 Å². The third-order valence-corrected chi connectivity index (χ3v) is 6.33. The van der Waals surface area contributed by atoms with E-state index in [0.29, 0.717) is 0 Å². The molecule has 1 fully saturated rings. The Hall–Kier alpha value is -1.32. The van der Waals surface area contributed by atoms with Crippen LogP contribution in [-0.2, 0) is 20.7 Å². The summed E-state index contributed by atoms with van der Waals surface area (Å²) in [5, 5.41) is 9.41. The van der Waals surface area contributed by atoms with E-state index in [1.807, 2.05) is 0 Å². The first-order chi connectivity index (χ1) is 10.2. The van der Waals surface area contributed by atoms with E-state index in [-0.39, 0.29) is 40.6 Å². The van der Waals surface area contributed by atoms with Crippen molar-refractivity contribution in [3.63, 3.8) is 0 Å². The molecule has 0 unspecified atom stereocenters. The lowest BCUT2D eigenvalue weighted by molar-refractivity contribution is 0.0697. The first kappa shape index (κ1) is 17.0. The van der Waals surface area contributed by atoms with Crippen LogP contribution in [0.5, 0.6) is 0 Å². The van der Waals surface area contributed by atoms with Gasteiger partial charge in [-0.3, -0.25) is 4.31 Å². The number of hydrogen-bond acceptors (Lipinski definition) is 5. The summed E-state index contributed by atoms with van der Waals surface area (Å²) >= 11 is 5.84. The van der Waals surface area contributed by atoms with Gasteiger partial charge in [0, 0.05) is 11.1 Å². The van der Waals surface area contributed by atoms with Crippen molar-refractivity contribution < 1.29 is 26.7 Å². The number of thiol groups is 1. The highest BCUT2D eigenvalue weighted by molar-refractivity contribution is 7.91. The van der Waals surface area contributed by atoms with Crippen molar-refractivity contribution >= 4 is 44.0 Å². The molecule has 1 heterocycles. The number of hydrogen-bond donors (Lipinski definition) is 2. The molecule has 0 radical (unpaired) electrons. The minimum atomic E-state index is -3.16. The molecule has 122 valence electrons. The average Bonchev–Trinajstić information content (AvgIpc) is 2.40. The van der Waals surface area contributed by atoms with Gasteiger partial charge in [-0.25, -0.2) is 21.6 Å². The molecule has 0 atom stereocenters. The lowest BCUT2D eigenvalue weighted by Crippen LogP contribution is -2.41. The predicted molar refractivity (Wildman–Crippen MR) is 82.9 cm³/mol. The second-order valence-corrected chi connectivity index (χ2v) is 8.58. The summed E-state index contributed by atoms with van der Waals surface area (Å²) in [6, 6.07) is 3.25. The summed E-state index contributed by atoms with van der Waals surface area (Å²) in [5.74, 6) is -1.53. The van der Waals surface area contributed by atoms with E-state index in [4.69, 9.17) is 11.6 Å². The molecule has 7 nitrogen and oxygen atoms in total. The second-order valence-electron chi connectivity index (χ2n) is 4.93. The zero-order valence-corrected chi connectivity index (χ0v) is 13.8. The Balaban J connectivity index is 2.46. The lowest BCUT2D eigenvalue weighted by Gasteiger charge is -2.31. The zero-order valence-electron chi connectivity index (χ0n) is 11.3. The summed E-state index contributed by atoms with van der Waals surface area (Å²) in [6.07, 6.45) is 0.244. The maximum atomic E-state index is 11.6. The second kappa shape index (κ2) is 6.43. The fourth-order valence-corrected chi connectivity index (χ4v) is 4.89. The fourth-order valence-electron chi connectivity index (χ4n) is 2.42. The van der Waals surface area contributed by atoms with E-state index in [2.05, 4.69) is 0 Å². The van der Waals surface area contributed by atoms with E-state index < -0.39 is 32.7 Å². The number of benzene rings is 1. The maximum absolute atomic E-state index is 11.6. The highest BCUT2D eigenvalue weighted by Crippen LogP contribution is 2.30. The van der Waals surface area contributed by atoms with Gasteiger partial charge in [-0.15, -0.1) is 0 Å². The van der Waals surface area contributed by atoms with Crippen LogP contribution in [0.15, 0.2) is 18.2 Å². The number of sulfone groups is 1. The van der Waals surface area contributed by atoms with Crippen LogP contribution in [0, 0.1) is 0 Å². The van der Waals surface area contributed by atoms with Crippen LogP contribution in [0.3, 0.4) is 0 Å². The molecule has 0 aromatic heterocycles. The molecule has 1 aliphatic heterocycles. The molecule has 0 aliphatic carbocycles. The smallest absolute Gasteiger partial charge is 0.337 e. The number of carboxylic acids is 1. The van der Waals surface area contributed by atoms with Crippen LogP contribution in [0.4, 0.5) is 5.69 Å². The number of rotatable bonds is 4. The Kier molecular flexibility index (Phi) is 4.98. The van der Waals surface area contributed by atoms with Gasteiger partial charge in [-0.1, -0.05) is 11.6 Å². The molecule has 1 aromatic rings. The maximum Gasteiger partial charge on any atom is 0.337 e. The first-order valence-electron chi connectivity index (χ1n) is 6.38. The number of nitrogens with zero attached hydrogens (tertiary/aromatic N) is 1. The number of carbonyl (C=O) groups is 1. The van der Waals surface area contributed by atoms with Crippen LogP contribution < -0.4 is 4.31 Å². The lowest BCUT2D eigenvalue weighted by atomic mass is 10.1. The van der Waals surface area contributed by atoms with Gasteiger partial charge in [0.05, 0.1) is 22.8 Å². The Morgan fingerprint density at radius 1 is 1.27 bits per heavy atom. The van der Waals surface area contributed by atoms with Crippen LogP contribution in [-0.4, -0.2) is 45.5 Å². The van der Waals surface area contributed by atoms with Gasteiger partial charge in [0.25, 0.3) is 0 Å². The Morgan fingerprint density at radius 2 is 1.86 bits per heavy atom. The normalized spacial score (nSPS) is 18.3. The molecule has 0 saturated carbocycles. The molecule has 0 bridgehead atoms. The molecule has 1 aliphatic rings. The molecule has 0 amide bonds. The van der Waals surface area contributed by atoms with E-state index in [1.54, 1.807) is 0 Å². The fraction of sp³-hybridized carbons (Fsp3) is 0.417. The molecular formula is C12H14ClNO6S2. The van der Waals surface area contributed by atoms with E-state index in [9.17, 15) is 26.7 Å². The summed E-state index contributed by atoms with van der Waals surface area (Å²) in [6.45, 7) is 0. The topological polar surface area (TPSA) is 109 Å². The van der Waals surface area contributed by atoms with Crippen molar-refractivity contribution in [1.29, 1.82) is 0 Å². The van der Waals surface area contributed by atoms with Crippen LogP contribution >= 0.6 is 11.6 Å². The third kappa shape index (κ3) is 3.71. The summed E-state index contributed by atoms with van der Waals surface area (Å²) < 4.78 is 47.1. The molecular weight excluding hydrogens is 354 g/mol. The highest BCUT2D eigenvalue weighted by atomic mass is 35.5. The first-order valence-corrected chi connectivity index (χ1v) is 9.71. The van der Waals surface area contributed by atoms with Gasteiger partial charge in [-0.2, -0.15) is 0 Å². The van der Waals surface area contributed by atoms with Gasteiger partial charge in [0.2, 0.25) is 10.9 Å². The van der Waals surface area contributed by atoms with E-state index in [1.165, 1.54) is 18.2 Å². The molecule has 2 rings (SSSR count). The summed E-state index contributed by atoms with van der Waals surface area (Å²) in [7, 11) is -6.29. The Bertz CT molecular complexity index is 752. The summed E-state index contributed by atoms with van der Waals surface area (Å²) in [5.41, 5.74) is -0.238. The van der Waals surface area contributed by atoms with Crippen molar-refractivity contribution in [2.24, 2.45) is 0 Å². The molecule has 1 aromatic carbocycles. The van der Waals surface area contributed by atoms with Crippen LogP contribution in [0.25, 0.3) is 0 Å². The zero-order chi connectivity index (χ0) is 16.5. The monoisotopic (exact) mass is 367 g/mol. The standard InChI is InChI=1S/C12H14ClNO6S2/c13-8-1-2-10(12(15)16)11(7-8)14(21(17)18)9-3-5-22(19,20)6-4-9/h1-2,7,9,21H,3-6H2,(H,15,16). The van der Waals surface area contributed by atoms with Crippen molar-refractivity contribution in [2.75, 3.05) is 15.8 Å². The van der Waals surface area contributed by atoms with Crippen LogP contribution in [0.2, 0.25) is 5.02 Å². The largest absolute Gasteiger partial charge is 0.478 e. The van der Waals surface area contributed by atoms with Gasteiger partial charge >= 0.3 is 5.97 Å². The minimum absolute atomic E-state index is 0.0413. The third-order valence-electron chi connectivity index (χ3n) is 3.48. The molecule has 10 heteroatoms. The van der Waals surface area contributed by atoms with Crippen molar-refractivity contribution in [3.05, 3.63) is 28.8 Å². The number of aromatic carboxylic acids is 1. The minimum Gasteiger partial charge on any atom is -0.478 e. The molecule has 22 heavy (non-hydrogen) atoms. The Labute approximate surface area is 134 Å².